The number of benzene rings is 2. The van der Waals surface area contributed by atoms with Crippen molar-refractivity contribution in [1.82, 2.24) is 15.5 Å². The van der Waals surface area contributed by atoms with E-state index in [1.54, 1.807) is 7.05 Å². The van der Waals surface area contributed by atoms with Crippen LogP contribution in [0.2, 0.25) is 0 Å². The Morgan fingerprint density at radius 3 is 2.45 bits per heavy atom. The van der Waals surface area contributed by atoms with Gasteiger partial charge in [-0.25, -0.2) is 0 Å². The number of hydrogen-bond acceptors (Lipinski definition) is 4. The van der Waals surface area contributed by atoms with Crippen LogP contribution in [0.1, 0.15) is 29.2 Å². The number of morpholine rings is 1. The molecule has 170 valence electrons. The third kappa shape index (κ3) is 7.97. The first-order valence-electron chi connectivity index (χ1n) is 10.7. The second kappa shape index (κ2) is 13.5. The molecule has 0 radical (unpaired) electrons. The summed E-state index contributed by atoms with van der Waals surface area (Å²) in [7, 11) is 1.80. The highest BCUT2D eigenvalue weighted by Crippen LogP contribution is 2.19. The maximum absolute atomic E-state index is 5.62. The number of ether oxygens (including phenoxy) is 2. The van der Waals surface area contributed by atoms with Gasteiger partial charge >= 0.3 is 0 Å². The summed E-state index contributed by atoms with van der Waals surface area (Å²) in [6.45, 7) is 10.8. The van der Waals surface area contributed by atoms with Gasteiger partial charge in [-0.3, -0.25) is 9.89 Å². The van der Waals surface area contributed by atoms with E-state index in [2.05, 4.69) is 63.8 Å². The zero-order chi connectivity index (χ0) is 21.2. The molecule has 0 aliphatic carbocycles. The predicted octanol–water partition coefficient (Wildman–Crippen LogP) is 3.71. The number of rotatable bonds is 8. The second-order valence-corrected chi connectivity index (χ2v) is 7.47. The van der Waals surface area contributed by atoms with Crippen molar-refractivity contribution in [2.45, 2.75) is 33.5 Å². The molecule has 0 amide bonds. The van der Waals surface area contributed by atoms with Crippen LogP contribution in [0.4, 0.5) is 0 Å². The number of aryl methyl sites for hydroxylation is 1. The van der Waals surface area contributed by atoms with Gasteiger partial charge in [-0.2, -0.15) is 0 Å². The van der Waals surface area contributed by atoms with Crippen molar-refractivity contribution in [2.24, 2.45) is 4.99 Å². The van der Waals surface area contributed by atoms with Crippen molar-refractivity contribution in [3.63, 3.8) is 0 Å². The SMILES string of the molecule is CCOc1ccc(CNC(=NC)NCc2ccccc2CN2CCOCC2)cc1C.I. The quantitative estimate of drug-likeness (QED) is 0.305. The molecule has 6 nitrogen and oxygen atoms in total. The molecule has 2 N–H and O–H groups in total. The minimum Gasteiger partial charge on any atom is -0.494 e. The molecule has 3 rings (SSSR count). The first-order valence-corrected chi connectivity index (χ1v) is 10.7. The highest BCUT2D eigenvalue weighted by molar-refractivity contribution is 14.0. The Balaban J connectivity index is 0.00000341. The molecule has 0 atom stereocenters. The summed E-state index contributed by atoms with van der Waals surface area (Å²) in [6.07, 6.45) is 0. The Labute approximate surface area is 203 Å². The molecule has 1 aliphatic heterocycles. The van der Waals surface area contributed by atoms with Crippen LogP contribution in [0, 0.1) is 6.92 Å². The van der Waals surface area contributed by atoms with Gasteiger partial charge in [-0.15, -0.1) is 24.0 Å². The zero-order valence-corrected chi connectivity index (χ0v) is 21.1. The molecule has 0 spiro atoms. The first kappa shape index (κ1) is 25.4. The van der Waals surface area contributed by atoms with Gasteiger partial charge in [-0.05, 0) is 42.2 Å². The van der Waals surface area contributed by atoms with Crippen LogP contribution in [0.15, 0.2) is 47.5 Å². The molecule has 2 aromatic carbocycles. The fraction of sp³-hybridized carbons (Fsp3) is 0.458. The monoisotopic (exact) mass is 538 g/mol. The summed E-state index contributed by atoms with van der Waals surface area (Å²) < 4.78 is 11.1. The molecule has 1 saturated heterocycles. The molecule has 0 saturated carbocycles. The summed E-state index contributed by atoms with van der Waals surface area (Å²) in [5, 5.41) is 6.86. The van der Waals surface area contributed by atoms with E-state index in [0.717, 1.165) is 56.7 Å². The summed E-state index contributed by atoms with van der Waals surface area (Å²) >= 11 is 0. The predicted molar refractivity (Wildman–Crippen MR) is 137 cm³/mol. The average Bonchev–Trinajstić information content (AvgIpc) is 2.77. The van der Waals surface area contributed by atoms with Crippen LogP contribution in [0.5, 0.6) is 5.75 Å². The molecule has 0 bridgehead atoms. The van der Waals surface area contributed by atoms with Gasteiger partial charge in [-0.1, -0.05) is 36.4 Å². The molecule has 0 unspecified atom stereocenters. The fourth-order valence-corrected chi connectivity index (χ4v) is 3.61. The number of nitrogens with one attached hydrogen (secondary N) is 2. The smallest absolute Gasteiger partial charge is 0.191 e. The highest BCUT2D eigenvalue weighted by atomic mass is 127. The Kier molecular flexibility index (Phi) is 11.1. The van der Waals surface area contributed by atoms with Crippen LogP contribution in [-0.4, -0.2) is 50.8 Å². The van der Waals surface area contributed by atoms with Gasteiger partial charge in [0.1, 0.15) is 5.75 Å². The Bertz CT molecular complexity index is 838. The van der Waals surface area contributed by atoms with Crippen LogP contribution in [-0.2, 0) is 24.4 Å². The van der Waals surface area contributed by atoms with Gasteiger partial charge in [0.15, 0.2) is 5.96 Å². The lowest BCUT2D eigenvalue weighted by atomic mass is 10.1. The van der Waals surface area contributed by atoms with E-state index in [0.29, 0.717) is 13.2 Å². The van der Waals surface area contributed by atoms with E-state index < -0.39 is 0 Å². The largest absolute Gasteiger partial charge is 0.494 e. The van der Waals surface area contributed by atoms with Crippen molar-refractivity contribution >= 4 is 29.9 Å². The Hall–Kier alpha value is -1.84. The number of aliphatic imine (C=N–C) groups is 1. The van der Waals surface area contributed by atoms with Crippen LogP contribution < -0.4 is 15.4 Å². The second-order valence-electron chi connectivity index (χ2n) is 7.47. The van der Waals surface area contributed by atoms with E-state index in [9.17, 15) is 0 Å². The van der Waals surface area contributed by atoms with Gasteiger partial charge in [0, 0.05) is 39.8 Å². The van der Waals surface area contributed by atoms with Crippen molar-refractivity contribution < 1.29 is 9.47 Å². The fourth-order valence-electron chi connectivity index (χ4n) is 3.61. The van der Waals surface area contributed by atoms with Gasteiger partial charge in [0.05, 0.1) is 19.8 Å². The van der Waals surface area contributed by atoms with E-state index in [1.807, 2.05) is 13.0 Å². The molecule has 7 heteroatoms. The molecule has 1 fully saturated rings. The third-order valence-corrected chi connectivity index (χ3v) is 5.29. The van der Waals surface area contributed by atoms with Crippen molar-refractivity contribution in [3.8, 4) is 5.75 Å². The molecular weight excluding hydrogens is 503 g/mol. The van der Waals surface area contributed by atoms with E-state index in [4.69, 9.17) is 9.47 Å². The lowest BCUT2D eigenvalue weighted by molar-refractivity contribution is 0.0341. The van der Waals surface area contributed by atoms with E-state index >= 15 is 0 Å². The maximum Gasteiger partial charge on any atom is 0.191 e. The molecule has 31 heavy (non-hydrogen) atoms. The summed E-state index contributed by atoms with van der Waals surface area (Å²) in [5.41, 5.74) is 5.00. The Morgan fingerprint density at radius 2 is 1.77 bits per heavy atom. The lowest BCUT2D eigenvalue weighted by Gasteiger charge is -2.27. The molecule has 1 heterocycles. The minimum atomic E-state index is 0. The standard InChI is InChI=1S/C24H34N4O2.HI/c1-4-30-23-10-9-20(15-19(23)2)16-26-24(25-3)27-17-21-7-5-6-8-22(21)18-28-11-13-29-14-12-28;/h5-10,15H,4,11-14,16-18H2,1-3H3,(H2,25,26,27);1H. The van der Waals surface area contributed by atoms with Crippen molar-refractivity contribution in [2.75, 3.05) is 40.0 Å². The molecule has 0 aromatic heterocycles. The van der Waals surface area contributed by atoms with Gasteiger partial charge < -0.3 is 20.1 Å². The minimum absolute atomic E-state index is 0. The topological polar surface area (TPSA) is 58.1 Å². The van der Waals surface area contributed by atoms with Crippen molar-refractivity contribution in [3.05, 3.63) is 64.7 Å². The molecule has 2 aromatic rings. The van der Waals surface area contributed by atoms with Gasteiger partial charge in [0.25, 0.3) is 0 Å². The lowest BCUT2D eigenvalue weighted by Crippen LogP contribution is -2.37. The third-order valence-electron chi connectivity index (χ3n) is 5.29. The number of guanidine groups is 1. The molecular formula is C24H35IN4O2. The summed E-state index contributed by atoms with van der Waals surface area (Å²) in [4.78, 5) is 6.82. The number of halogens is 1. The highest BCUT2D eigenvalue weighted by Gasteiger charge is 2.13. The number of nitrogens with zero attached hydrogens (tertiary/aromatic N) is 2. The average molecular weight is 538 g/mol. The zero-order valence-electron chi connectivity index (χ0n) is 18.8. The van der Waals surface area contributed by atoms with Crippen LogP contribution in [0.3, 0.4) is 0 Å². The van der Waals surface area contributed by atoms with Crippen LogP contribution in [0.25, 0.3) is 0 Å². The normalized spacial score (nSPS) is 14.6. The van der Waals surface area contributed by atoms with Crippen LogP contribution >= 0.6 is 24.0 Å². The van der Waals surface area contributed by atoms with Gasteiger partial charge in [0.2, 0.25) is 0 Å². The Morgan fingerprint density at radius 1 is 1.06 bits per heavy atom. The first-order chi connectivity index (χ1) is 14.7. The maximum atomic E-state index is 5.62. The molecule has 1 aliphatic rings. The van der Waals surface area contributed by atoms with E-state index in [1.165, 1.54) is 16.7 Å². The number of hydrogen-bond donors (Lipinski definition) is 2. The summed E-state index contributed by atoms with van der Waals surface area (Å²) in [6, 6.07) is 14.9. The van der Waals surface area contributed by atoms with Crippen molar-refractivity contribution in [1.29, 1.82) is 0 Å². The summed E-state index contributed by atoms with van der Waals surface area (Å²) in [5.74, 6) is 1.74. The van der Waals surface area contributed by atoms with E-state index in [-0.39, 0.29) is 24.0 Å².